The predicted molar refractivity (Wildman–Crippen MR) is 150 cm³/mol. The first-order valence-electron chi connectivity index (χ1n) is 11.1. The van der Waals surface area contributed by atoms with E-state index in [0.29, 0.717) is 38.0 Å². The van der Waals surface area contributed by atoms with Crippen LogP contribution in [0.5, 0.6) is 11.5 Å². The summed E-state index contributed by atoms with van der Waals surface area (Å²) >= 11 is 12.8. The Hall–Kier alpha value is -3.33. The molecule has 0 unspecified atom stereocenters. The number of ether oxygens (including phenoxy) is 2. The van der Waals surface area contributed by atoms with Gasteiger partial charge in [0.1, 0.15) is 11.5 Å². The zero-order chi connectivity index (χ0) is 25.7. The summed E-state index contributed by atoms with van der Waals surface area (Å²) in [6, 6.07) is 19.7. The number of nitrogens with zero attached hydrogens (tertiary/aromatic N) is 1. The van der Waals surface area contributed by atoms with E-state index in [9.17, 15) is 9.59 Å². The van der Waals surface area contributed by atoms with Crippen LogP contribution < -0.4 is 19.7 Å². The summed E-state index contributed by atoms with van der Waals surface area (Å²) in [6.07, 6.45) is 1.76. The van der Waals surface area contributed by atoms with Gasteiger partial charge >= 0.3 is 0 Å². The zero-order valence-electron chi connectivity index (χ0n) is 19.6. The lowest BCUT2D eigenvalue weighted by molar-refractivity contribution is -0.118. The van der Waals surface area contributed by atoms with Crippen molar-refractivity contribution < 1.29 is 19.1 Å². The fourth-order valence-corrected chi connectivity index (χ4v) is 4.95. The fourth-order valence-electron chi connectivity index (χ4n) is 3.47. The lowest BCUT2D eigenvalue weighted by Crippen LogP contribution is -2.27. The molecule has 9 heteroatoms. The molecule has 0 atom stereocenters. The number of thiocarbonyl (C=S) groups is 1. The molecular weight excluding hydrogens is 516 g/mol. The van der Waals surface area contributed by atoms with E-state index in [-0.39, 0.29) is 18.4 Å². The van der Waals surface area contributed by atoms with Crippen molar-refractivity contribution in [3.05, 3.63) is 87.8 Å². The number of anilines is 2. The Balaban J connectivity index is 1.41. The number of rotatable bonds is 8. The quantitative estimate of drug-likeness (QED) is 0.262. The molecule has 0 aromatic heterocycles. The van der Waals surface area contributed by atoms with Crippen LogP contribution in [0.15, 0.2) is 71.6 Å². The minimum atomic E-state index is -0.304. The molecule has 1 aliphatic rings. The van der Waals surface area contributed by atoms with E-state index < -0.39 is 0 Å². The lowest BCUT2D eigenvalue weighted by atomic mass is 10.2. The van der Waals surface area contributed by atoms with Gasteiger partial charge in [-0.05, 0) is 79.6 Å². The Bertz CT molecular complexity index is 1340. The largest absolute Gasteiger partial charge is 0.494 e. The van der Waals surface area contributed by atoms with E-state index in [1.54, 1.807) is 42.5 Å². The van der Waals surface area contributed by atoms with Gasteiger partial charge < -0.3 is 14.8 Å². The van der Waals surface area contributed by atoms with Gasteiger partial charge in [-0.1, -0.05) is 53.8 Å². The van der Waals surface area contributed by atoms with Gasteiger partial charge in [-0.25, -0.2) is 0 Å². The molecule has 1 heterocycles. The van der Waals surface area contributed by atoms with Crippen molar-refractivity contribution in [3.63, 3.8) is 0 Å². The molecule has 0 radical (unpaired) electrons. The zero-order valence-corrected chi connectivity index (χ0v) is 22.0. The molecule has 36 heavy (non-hydrogen) atoms. The Morgan fingerprint density at radius 3 is 2.58 bits per heavy atom. The summed E-state index contributed by atoms with van der Waals surface area (Å²) in [6.45, 7) is 4.14. The minimum absolute atomic E-state index is 0.171. The van der Waals surface area contributed by atoms with Gasteiger partial charge in [-0.2, -0.15) is 0 Å². The molecule has 2 amide bonds. The number of carbonyl (C=O) groups is 2. The van der Waals surface area contributed by atoms with E-state index in [4.69, 9.17) is 33.3 Å². The van der Waals surface area contributed by atoms with Crippen LogP contribution in [0.4, 0.5) is 11.4 Å². The average molecular weight is 539 g/mol. The van der Waals surface area contributed by atoms with Crippen molar-refractivity contribution >= 4 is 69.2 Å². The van der Waals surface area contributed by atoms with Crippen LogP contribution >= 0.6 is 35.6 Å². The summed E-state index contributed by atoms with van der Waals surface area (Å²) in [4.78, 5) is 27.4. The number of hydrogen-bond acceptors (Lipinski definition) is 6. The highest BCUT2D eigenvalue weighted by molar-refractivity contribution is 8.27. The smallest absolute Gasteiger partial charge is 0.270 e. The molecular formula is C27H23ClN2O4S2. The molecule has 0 spiro atoms. The van der Waals surface area contributed by atoms with Gasteiger partial charge in [0.15, 0.2) is 10.9 Å². The molecule has 6 nitrogen and oxygen atoms in total. The van der Waals surface area contributed by atoms with Gasteiger partial charge in [0.2, 0.25) is 0 Å². The van der Waals surface area contributed by atoms with Gasteiger partial charge in [0, 0.05) is 10.7 Å². The van der Waals surface area contributed by atoms with Crippen molar-refractivity contribution in [2.75, 3.05) is 23.4 Å². The molecule has 1 aliphatic heterocycles. The van der Waals surface area contributed by atoms with Crippen LogP contribution in [0, 0.1) is 6.92 Å². The Kier molecular flexibility index (Phi) is 8.30. The van der Waals surface area contributed by atoms with Crippen molar-refractivity contribution in [1.82, 2.24) is 0 Å². The number of nitrogens with one attached hydrogen (secondary N) is 1. The first kappa shape index (κ1) is 25.8. The third-order valence-electron chi connectivity index (χ3n) is 5.27. The SMILES string of the molecule is CCOc1ccc(N2C(=O)/C(=C/c3cccc(OCC(=O)Nc4cccc(Cl)c4C)c3)SC2=S)cc1. The fraction of sp³-hybridized carbons (Fsp3) is 0.148. The normalized spacial score (nSPS) is 14.3. The van der Waals surface area contributed by atoms with E-state index in [1.165, 1.54) is 16.7 Å². The van der Waals surface area contributed by atoms with Gasteiger partial charge in [0.25, 0.3) is 11.8 Å². The third kappa shape index (κ3) is 6.07. The molecule has 1 saturated heterocycles. The maximum absolute atomic E-state index is 13.1. The van der Waals surface area contributed by atoms with E-state index >= 15 is 0 Å². The van der Waals surface area contributed by atoms with Crippen molar-refractivity contribution in [1.29, 1.82) is 0 Å². The highest BCUT2D eigenvalue weighted by Crippen LogP contribution is 2.36. The minimum Gasteiger partial charge on any atom is -0.494 e. The molecule has 3 aromatic rings. The summed E-state index contributed by atoms with van der Waals surface area (Å²) in [5, 5.41) is 3.38. The molecule has 3 aromatic carbocycles. The van der Waals surface area contributed by atoms with E-state index in [0.717, 1.165) is 16.9 Å². The molecule has 0 aliphatic carbocycles. The number of carbonyl (C=O) groups excluding carboxylic acids is 2. The molecule has 0 saturated carbocycles. The lowest BCUT2D eigenvalue weighted by Gasteiger charge is -2.15. The van der Waals surface area contributed by atoms with Crippen LogP contribution in [0.2, 0.25) is 5.02 Å². The van der Waals surface area contributed by atoms with Gasteiger partial charge in [-0.15, -0.1) is 0 Å². The summed E-state index contributed by atoms with van der Waals surface area (Å²) in [7, 11) is 0. The molecule has 184 valence electrons. The van der Waals surface area contributed by atoms with Crippen LogP contribution in [0.25, 0.3) is 6.08 Å². The Morgan fingerprint density at radius 2 is 1.83 bits per heavy atom. The second kappa shape index (κ2) is 11.6. The maximum atomic E-state index is 13.1. The molecule has 1 N–H and O–H groups in total. The summed E-state index contributed by atoms with van der Waals surface area (Å²) in [5.41, 5.74) is 2.87. The summed E-state index contributed by atoms with van der Waals surface area (Å²) in [5.74, 6) is 0.734. The molecule has 0 bridgehead atoms. The van der Waals surface area contributed by atoms with Crippen molar-refractivity contribution in [2.45, 2.75) is 13.8 Å². The predicted octanol–water partition coefficient (Wildman–Crippen LogP) is 6.47. The monoisotopic (exact) mass is 538 g/mol. The molecule has 4 rings (SSSR count). The maximum Gasteiger partial charge on any atom is 0.270 e. The number of thioether (sulfide) groups is 1. The van der Waals surface area contributed by atoms with Gasteiger partial charge in [-0.3, -0.25) is 14.5 Å². The van der Waals surface area contributed by atoms with E-state index in [2.05, 4.69) is 5.32 Å². The first-order valence-corrected chi connectivity index (χ1v) is 12.7. The second-order valence-electron chi connectivity index (χ2n) is 7.77. The van der Waals surface area contributed by atoms with E-state index in [1.807, 2.05) is 44.2 Å². The first-order chi connectivity index (χ1) is 17.4. The second-order valence-corrected chi connectivity index (χ2v) is 9.85. The Labute approximate surface area is 224 Å². The highest BCUT2D eigenvalue weighted by Gasteiger charge is 2.33. The summed E-state index contributed by atoms with van der Waals surface area (Å²) < 4.78 is 11.6. The molecule has 1 fully saturated rings. The highest BCUT2D eigenvalue weighted by atomic mass is 35.5. The third-order valence-corrected chi connectivity index (χ3v) is 6.98. The van der Waals surface area contributed by atoms with Crippen molar-refractivity contribution in [2.24, 2.45) is 0 Å². The van der Waals surface area contributed by atoms with Gasteiger partial charge in [0.05, 0.1) is 17.2 Å². The van der Waals surface area contributed by atoms with Crippen molar-refractivity contribution in [3.8, 4) is 11.5 Å². The average Bonchev–Trinajstić information content (AvgIpc) is 3.14. The van der Waals surface area contributed by atoms with Crippen LogP contribution in [0.1, 0.15) is 18.1 Å². The number of hydrogen-bond donors (Lipinski definition) is 1. The number of halogens is 1. The van der Waals surface area contributed by atoms with Crippen LogP contribution in [-0.4, -0.2) is 29.3 Å². The number of amides is 2. The number of benzene rings is 3. The Morgan fingerprint density at radius 1 is 1.08 bits per heavy atom. The topological polar surface area (TPSA) is 67.9 Å². The standard InChI is InChI=1S/C27H23ClN2O4S2/c1-3-33-20-12-10-19(11-13-20)30-26(32)24(36-27(30)35)15-18-6-4-7-21(14-18)34-16-25(31)29-23-9-5-8-22(28)17(23)2/h4-15H,3,16H2,1-2H3,(H,29,31)/b24-15-. The van der Waals surface area contributed by atoms with Crippen LogP contribution in [-0.2, 0) is 9.59 Å². The van der Waals surface area contributed by atoms with Crippen LogP contribution in [0.3, 0.4) is 0 Å².